The quantitative estimate of drug-likeness (QED) is 0.484. The Labute approximate surface area is 181 Å². The van der Waals surface area contributed by atoms with Crippen molar-refractivity contribution >= 4 is 67.8 Å². The van der Waals surface area contributed by atoms with Gasteiger partial charge < -0.3 is 10.1 Å². The fraction of sp³-hybridized carbons (Fsp3) is 0.150. The number of carbonyl (C=O) groups excluding carboxylic acids is 2. The van der Waals surface area contributed by atoms with Crippen molar-refractivity contribution < 1.29 is 14.3 Å². The second kappa shape index (κ2) is 9.36. The second-order valence-corrected chi connectivity index (χ2v) is 8.48. The molecule has 0 aliphatic carbocycles. The molecule has 1 fully saturated rings. The van der Waals surface area contributed by atoms with Crippen molar-refractivity contribution in [3.63, 3.8) is 0 Å². The summed E-state index contributed by atoms with van der Waals surface area (Å²) in [5, 5.41) is 2.80. The Morgan fingerprint density at radius 1 is 1.29 bits per heavy atom. The molecule has 2 aromatic rings. The number of hydrogen-bond acceptors (Lipinski definition) is 5. The third kappa shape index (κ3) is 5.01. The summed E-state index contributed by atoms with van der Waals surface area (Å²) < 4.78 is 6.61. The van der Waals surface area contributed by atoms with Crippen LogP contribution in [0, 0.1) is 0 Å². The van der Waals surface area contributed by atoms with Crippen molar-refractivity contribution in [1.29, 1.82) is 0 Å². The van der Waals surface area contributed by atoms with Crippen LogP contribution in [0.25, 0.3) is 6.08 Å². The Bertz CT molecular complexity index is 962. The number of anilines is 1. The molecule has 0 spiro atoms. The molecular weight excluding hydrogens is 460 g/mol. The number of para-hydroxylation sites is 2. The number of ether oxygens (including phenoxy) is 1. The van der Waals surface area contributed by atoms with E-state index in [9.17, 15) is 9.59 Å². The van der Waals surface area contributed by atoms with Gasteiger partial charge in [0.25, 0.3) is 5.91 Å². The van der Waals surface area contributed by atoms with Gasteiger partial charge in [0, 0.05) is 17.4 Å². The first-order valence-electron chi connectivity index (χ1n) is 8.42. The van der Waals surface area contributed by atoms with Crippen LogP contribution in [0.2, 0.25) is 0 Å². The fourth-order valence-electron chi connectivity index (χ4n) is 2.61. The minimum absolute atomic E-state index is 0.134. The summed E-state index contributed by atoms with van der Waals surface area (Å²) >= 11 is 9.99. The number of thiocarbonyl (C=S) groups is 1. The van der Waals surface area contributed by atoms with Crippen LogP contribution in [-0.4, -0.2) is 34.7 Å². The topological polar surface area (TPSA) is 58.6 Å². The molecule has 1 heterocycles. The van der Waals surface area contributed by atoms with E-state index >= 15 is 0 Å². The average molecular weight is 477 g/mol. The Kier molecular flexibility index (Phi) is 6.88. The third-order valence-electron chi connectivity index (χ3n) is 3.96. The fourth-order valence-corrected chi connectivity index (χ4v) is 4.34. The first kappa shape index (κ1) is 20.6. The lowest BCUT2D eigenvalue weighted by molar-refractivity contribution is -0.122. The summed E-state index contributed by atoms with van der Waals surface area (Å²) in [7, 11) is 1.54. The van der Waals surface area contributed by atoms with E-state index < -0.39 is 0 Å². The van der Waals surface area contributed by atoms with E-state index in [1.165, 1.54) is 16.7 Å². The molecule has 0 unspecified atom stereocenters. The SMILES string of the molecule is COc1ccccc1NC(=O)CCN1C(=O)/C(=C/c2cccc(Br)c2)SC1=S. The molecule has 1 saturated heterocycles. The van der Waals surface area contributed by atoms with Gasteiger partial charge in [0.15, 0.2) is 0 Å². The summed E-state index contributed by atoms with van der Waals surface area (Å²) in [4.78, 5) is 27.0. The molecule has 0 bridgehead atoms. The second-order valence-electron chi connectivity index (χ2n) is 5.89. The first-order valence-corrected chi connectivity index (χ1v) is 10.4. The van der Waals surface area contributed by atoms with E-state index in [0.717, 1.165) is 10.0 Å². The molecule has 2 aromatic carbocycles. The van der Waals surface area contributed by atoms with Crippen molar-refractivity contribution in [3.8, 4) is 5.75 Å². The minimum atomic E-state index is -0.213. The highest BCUT2D eigenvalue weighted by Gasteiger charge is 2.32. The van der Waals surface area contributed by atoms with E-state index in [4.69, 9.17) is 17.0 Å². The molecule has 0 atom stereocenters. The molecule has 28 heavy (non-hydrogen) atoms. The zero-order valence-electron chi connectivity index (χ0n) is 15.0. The molecule has 0 radical (unpaired) electrons. The van der Waals surface area contributed by atoms with E-state index in [-0.39, 0.29) is 24.8 Å². The van der Waals surface area contributed by atoms with Gasteiger partial charge in [0.1, 0.15) is 10.1 Å². The van der Waals surface area contributed by atoms with Gasteiger partial charge in [-0.05, 0) is 35.9 Å². The van der Waals surface area contributed by atoms with Crippen molar-refractivity contribution in [3.05, 3.63) is 63.5 Å². The van der Waals surface area contributed by atoms with Gasteiger partial charge in [0.05, 0.1) is 17.7 Å². The predicted molar refractivity (Wildman–Crippen MR) is 120 cm³/mol. The lowest BCUT2D eigenvalue weighted by Crippen LogP contribution is -2.31. The zero-order valence-corrected chi connectivity index (χ0v) is 18.2. The molecule has 2 amide bonds. The van der Waals surface area contributed by atoms with Crippen molar-refractivity contribution in [2.24, 2.45) is 0 Å². The van der Waals surface area contributed by atoms with Gasteiger partial charge in [-0.1, -0.05) is 64.2 Å². The highest BCUT2D eigenvalue weighted by atomic mass is 79.9. The number of rotatable bonds is 6. The number of methoxy groups -OCH3 is 1. The van der Waals surface area contributed by atoms with Crippen LogP contribution in [-0.2, 0) is 9.59 Å². The average Bonchev–Trinajstić information content (AvgIpc) is 2.93. The minimum Gasteiger partial charge on any atom is -0.495 e. The maximum Gasteiger partial charge on any atom is 0.266 e. The number of hydrogen-bond donors (Lipinski definition) is 1. The molecule has 1 aliphatic heterocycles. The van der Waals surface area contributed by atoms with E-state index in [1.54, 1.807) is 25.3 Å². The molecule has 1 N–H and O–H groups in total. The molecule has 5 nitrogen and oxygen atoms in total. The normalized spacial score (nSPS) is 15.2. The number of halogens is 1. The number of amides is 2. The van der Waals surface area contributed by atoms with Crippen LogP contribution < -0.4 is 10.1 Å². The van der Waals surface area contributed by atoms with E-state index in [1.807, 2.05) is 36.4 Å². The number of nitrogens with zero attached hydrogens (tertiary/aromatic N) is 1. The highest BCUT2D eigenvalue weighted by Crippen LogP contribution is 2.33. The molecule has 3 rings (SSSR count). The van der Waals surface area contributed by atoms with Crippen molar-refractivity contribution in [2.75, 3.05) is 19.0 Å². The van der Waals surface area contributed by atoms with E-state index in [2.05, 4.69) is 21.2 Å². The number of carbonyl (C=O) groups is 2. The maximum atomic E-state index is 12.7. The summed E-state index contributed by atoms with van der Waals surface area (Å²) in [5.41, 5.74) is 1.50. The molecule has 1 aliphatic rings. The monoisotopic (exact) mass is 476 g/mol. The van der Waals surface area contributed by atoms with Gasteiger partial charge in [-0.2, -0.15) is 0 Å². The van der Waals surface area contributed by atoms with Crippen LogP contribution >= 0.6 is 39.9 Å². The summed E-state index contributed by atoms with van der Waals surface area (Å²) in [5.74, 6) is 0.188. The molecule has 0 aromatic heterocycles. The van der Waals surface area contributed by atoms with E-state index in [0.29, 0.717) is 20.7 Å². The Morgan fingerprint density at radius 3 is 2.82 bits per heavy atom. The number of nitrogens with one attached hydrogen (secondary N) is 1. The van der Waals surface area contributed by atoms with Crippen molar-refractivity contribution in [2.45, 2.75) is 6.42 Å². The number of thioether (sulfide) groups is 1. The van der Waals surface area contributed by atoms with Crippen LogP contribution in [0.5, 0.6) is 5.75 Å². The first-order chi connectivity index (χ1) is 13.5. The Morgan fingerprint density at radius 2 is 2.07 bits per heavy atom. The zero-order chi connectivity index (χ0) is 20.1. The van der Waals surface area contributed by atoms with Gasteiger partial charge in [-0.3, -0.25) is 14.5 Å². The van der Waals surface area contributed by atoms with Crippen molar-refractivity contribution in [1.82, 2.24) is 4.90 Å². The standard InChI is InChI=1S/C20H17BrN2O3S2/c1-26-16-8-3-2-7-15(16)22-18(24)9-10-23-19(25)17(28-20(23)27)12-13-5-4-6-14(21)11-13/h2-8,11-12H,9-10H2,1H3,(H,22,24)/b17-12-. The van der Waals surface area contributed by atoms with Gasteiger partial charge in [0.2, 0.25) is 5.91 Å². The summed E-state index contributed by atoms with van der Waals surface area (Å²) in [6.45, 7) is 0.224. The smallest absolute Gasteiger partial charge is 0.266 e. The lowest BCUT2D eigenvalue weighted by Gasteiger charge is -2.15. The van der Waals surface area contributed by atoms with Crippen LogP contribution in [0.15, 0.2) is 57.9 Å². The predicted octanol–water partition coefficient (Wildman–Crippen LogP) is 4.69. The molecule has 0 saturated carbocycles. The molecule has 8 heteroatoms. The van der Waals surface area contributed by atoms with Crippen LogP contribution in [0.3, 0.4) is 0 Å². The summed E-state index contributed by atoms with van der Waals surface area (Å²) in [6.07, 6.45) is 1.94. The van der Waals surface area contributed by atoms with Crippen LogP contribution in [0.1, 0.15) is 12.0 Å². The van der Waals surface area contributed by atoms with Gasteiger partial charge in [-0.15, -0.1) is 0 Å². The number of benzene rings is 2. The lowest BCUT2D eigenvalue weighted by atomic mass is 10.2. The summed E-state index contributed by atoms with van der Waals surface area (Å²) in [6, 6.07) is 14.8. The highest BCUT2D eigenvalue weighted by molar-refractivity contribution is 9.10. The Balaban J connectivity index is 1.62. The maximum absolute atomic E-state index is 12.7. The molecule has 144 valence electrons. The Hall–Kier alpha value is -2.16. The molecular formula is C20H17BrN2O3S2. The van der Waals surface area contributed by atoms with Gasteiger partial charge in [-0.25, -0.2) is 0 Å². The largest absolute Gasteiger partial charge is 0.495 e. The van der Waals surface area contributed by atoms with Crippen LogP contribution in [0.4, 0.5) is 5.69 Å². The third-order valence-corrected chi connectivity index (χ3v) is 5.83. The van der Waals surface area contributed by atoms with Gasteiger partial charge >= 0.3 is 0 Å².